The normalized spacial score (nSPS) is 16.1. The Labute approximate surface area is 130 Å². The van der Waals surface area contributed by atoms with Crippen LogP contribution in [0.3, 0.4) is 0 Å². The van der Waals surface area contributed by atoms with Crippen LogP contribution < -0.4 is 0 Å². The largest absolute Gasteiger partial charge is 0.336 e. The van der Waals surface area contributed by atoms with E-state index in [1.165, 1.54) is 6.07 Å². The van der Waals surface area contributed by atoms with E-state index in [0.717, 1.165) is 31.2 Å². The van der Waals surface area contributed by atoms with Crippen molar-refractivity contribution >= 4 is 25.6 Å². The summed E-state index contributed by atoms with van der Waals surface area (Å²) in [6, 6.07) is 4.87. The van der Waals surface area contributed by atoms with Gasteiger partial charge in [-0.3, -0.25) is 4.79 Å². The maximum Gasteiger partial charge on any atom is 0.262 e. The fourth-order valence-corrected chi connectivity index (χ4v) is 4.01. The Kier molecular flexibility index (Phi) is 4.94. The number of aryl methyl sites for hydroxylation is 1. The molecule has 1 aliphatic carbocycles. The Morgan fingerprint density at radius 2 is 1.95 bits per heavy atom. The van der Waals surface area contributed by atoms with E-state index in [2.05, 4.69) is 0 Å². The van der Waals surface area contributed by atoms with Gasteiger partial charge in [0, 0.05) is 23.3 Å². The maximum absolute atomic E-state index is 12.8. The van der Waals surface area contributed by atoms with Crippen molar-refractivity contribution in [3.05, 3.63) is 29.3 Å². The van der Waals surface area contributed by atoms with Gasteiger partial charge in [0.25, 0.3) is 15.0 Å². The fraction of sp³-hybridized carbons (Fsp3) is 0.533. The third kappa shape index (κ3) is 3.58. The van der Waals surface area contributed by atoms with Crippen molar-refractivity contribution in [2.24, 2.45) is 0 Å². The molecule has 21 heavy (non-hydrogen) atoms. The number of hydrogen-bond donors (Lipinski definition) is 0. The fourth-order valence-electron chi connectivity index (χ4n) is 2.96. The zero-order valence-corrected chi connectivity index (χ0v) is 13.9. The van der Waals surface area contributed by atoms with Crippen molar-refractivity contribution in [1.82, 2.24) is 4.90 Å². The monoisotopic (exact) mass is 329 g/mol. The van der Waals surface area contributed by atoms with E-state index in [-0.39, 0.29) is 22.4 Å². The molecule has 0 radical (unpaired) electrons. The maximum atomic E-state index is 12.8. The third-order valence-corrected chi connectivity index (χ3v) is 5.38. The summed E-state index contributed by atoms with van der Waals surface area (Å²) in [5, 5.41) is 0. The highest BCUT2D eigenvalue weighted by molar-refractivity contribution is 8.13. The second-order valence-electron chi connectivity index (χ2n) is 5.47. The van der Waals surface area contributed by atoms with Crippen LogP contribution in [0.25, 0.3) is 0 Å². The molecule has 2 rings (SSSR count). The van der Waals surface area contributed by atoms with Crippen LogP contribution >= 0.6 is 10.7 Å². The molecule has 1 saturated carbocycles. The molecule has 6 heteroatoms. The highest BCUT2D eigenvalue weighted by atomic mass is 35.7. The molecule has 0 aromatic heterocycles. The molecule has 0 heterocycles. The lowest BCUT2D eigenvalue weighted by molar-refractivity contribution is 0.0689. The van der Waals surface area contributed by atoms with Crippen molar-refractivity contribution in [3.8, 4) is 0 Å². The van der Waals surface area contributed by atoms with Crippen LogP contribution in [-0.2, 0) is 9.05 Å². The quantitative estimate of drug-likeness (QED) is 0.796. The minimum atomic E-state index is -3.94. The number of halogens is 1. The van der Waals surface area contributed by atoms with Crippen molar-refractivity contribution < 1.29 is 13.2 Å². The molecule has 0 bridgehead atoms. The van der Waals surface area contributed by atoms with Crippen LogP contribution in [0.4, 0.5) is 0 Å². The van der Waals surface area contributed by atoms with Gasteiger partial charge in [-0.1, -0.05) is 24.5 Å². The average Bonchev–Trinajstić information content (AvgIpc) is 2.91. The van der Waals surface area contributed by atoms with E-state index in [1.807, 2.05) is 13.8 Å². The lowest BCUT2D eigenvalue weighted by Crippen LogP contribution is -2.39. The average molecular weight is 330 g/mol. The predicted octanol–water partition coefficient (Wildman–Crippen LogP) is 3.33. The van der Waals surface area contributed by atoms with Crippen molar-refractivity contribution in [1.29, 1.82) is 0 Å². The SMILES string of the molecule is CCN(C(=O)c1cc(C)ccc1S(=O)(=O)Cl)C1CCCC1. The summed E-state index contributed by atoms with van der Waals surface area (Å²) < 4.78 is 23.4. The summed E-state index contributed by atoms with van der Waals surface area (Å²) in [7, 11) is 1.53. The molecule has 0 atom stereocenters. The Bertz CT molecular complexity index is 636. The van der Waals surface area contributed by atoms with Crippen LogP contribution in [0.5, 0.6) is 0 Å². The lowest BCUT2D eigenvalue weighted by Gasteiger charge is -2.28. The Morgan fingerprint density at radius 3 is 2.48 bits per heavy atom. The minimum absolute atomic E-state index is 0.101. The van der Waals surface area contributed by atoms with Gasteiger partial charge in [-0.15, -0.1) is 0 Å². The van der Waals surface area contributed by atoms with Gasteiger partial charge < -0.3 is 4.90 Å². The first-order valence-corrected chi connectivity index (χ1v) is 9.51. The molecule has 0 N–H and O–H groups in total. The highest BCUT2D eigenvalue weighted by Gasteiger charge is 2.29. The summed E-state index contributed by atoms with van der Waals surface area (Å²) >= 11 is 0. The Balaban J connectivity index is 2.44. The molecule has 1 aromatic carbocycles. The van der Waals surface area contributed by atoms with Gasteiger partial charge in [0.2, 0.25) is 0 Å². The van der Waals surface area contributed by atoms with Crippen molar-refractivity contribution in [2.45, 2.75) is 50.5 Å². The van der Waals surface area contributed by atoms with Gasteiger partial charge in [0.1, 0.15) is 0 Å². The second kappa shape index (κ2) is 6.36. The Morgan fingerprint density at radius 1 is 1.33 bits per heavy atom. The van der Waals surface area contributed by atoms with E-state index in [4.69, 9.17) is 10.7 Å². The number of carbonyl (C=O) groups excluding carboxylic acids is 1. The standard InChI is InChI=1S/C15H20ClNO3S/c1-3-17(12-6-4-5-7-12)15(18)13-10-11(2)8-9-14(13)21(16,19)20/h8-10,12H,3-7H2,1-2H3. The minimum Gasteiger partial charge on any atom is -0.336 e. The molecular formula is C15H20ClNO3S. The number of hydrogen-bond acceptors (Lipinski definition) is 3. The van der Waals surface area contributed by atoms with E-state index >= 15 is 0 Å². The summed E-state index contributed by atoms with van der Waals surface area (Å²) in [5.74, 6) is -0.243. The summed E-state index contributed by atoms with van der Waals surface area (Å²) in [4.78, 5) is 14.5. The number of rotatable bonds is 4. The van der Waals surface area contributed by atoms with Crippen LogP contribution in [0.15, 0.2) is 23.1 Å². The summed E-state index contributed by atoms with van der Waals surface area (Å²) in [6.07, 6.45) is 4.19. The second-order valence-corrected chi connectivity index (χ2v) is 8.00. The smallest absolute Gasteiger partial charge is 0.262 e. The van der Waals surface area contributed by atoms with Crippen molar-refractivity contribution in [2.75, 3.05) is 6.54 Å². The zero-order valence-electron chi connectivity index (χ0n) is 12.3. The molecule has 0 spiro atoms. The van der Waals surface area contributed by atoms with Gasteiger partial charge in [-0.05, 0) is 38.8 Å². The Hall–Kier alpha value is -1.07. The predicted molar refractivity (Wildman–Crippen MR) is 83.2 cm³/mol. The molecular weight excluding hydrogens is 310 g/mol. The number of carbonyl (C=O) groups is 1. The van der Waals surface area contributed by atoms with Crippen LogP contribution in [0.2, 0.25) is 0 Å². The topological polar surface area (TPSA) is 54.5 Å². The lowest BCUT2D eigenvalue weighted by atomic mass is 10.1. The van der Waals surface area contributed by atoms with Crippen LogP contribution in [-0.4, -0.2) is 31.8 Å². The number of benzene rings is 1. The van der Waals surface area contributed by atoms with Crippen LogP contribution in [0, 0.1) is 6.92 Å². The van der Waals surface area contributed by atoms with E-state index < -0.39 is 9.05 Å². The molecule has 0 saturated heterocycles. The first kappa shape index (κ1) is 16.3. The zero-order chi connectivity index (χ0) is 15.6. The van der Waals surface area contributed by atoms with Crippen LogP contribution in [0.1, 0.15) is 48.5 Å². The number of nitrogens with zero attached hydrogens (tertiary/aromatic N) is 1. The first-order valence-electron chi connectivity index (χ1n) is 7.21. The van der Waals surface area contributed by atoms with Gasteiger partial charge in [0.15, 0.2) is 0 Å². The van der Waals surface area contributed by atoms with E-state index in [9.17, 15) is 13.2 Å². The number of amides is 1. The van der Waals surface area contributed by atoms with E-state index in [1.54, 1.807) is 17.0 Å². The summed E-state index contributed by atoms with van der Waals surface area (Å²) in [5.41, 5.74) is 1.02. The summed E-state index contributed by atoms with van der Waals surface area (Å²) in [6.45, 7) is 4.31. The van der Waals surface area contributed by atoms with Gasteiger partial charge in [-0.2, -0.15) is 0 Å². The van der Waals surface area contributed by atoms with E-state index in [0.29, 0.717) is 6.54 Å². The molecule has 1 fully saturated rings. The molecule has 116 valence electrons. The third-order valence-electron chi connectivity index (χ3n) is 4.00. The molecule has 1 aliphatic rings. The van der Waals surface area contributed by atoms with Gasteiger partial charge in [0.05, 0.1) is 10.5 Å². The molecule has 0 unspecified atom stereocenters. The first-order chi connectivity index (χ1) is 9.84. The molecule has 4 nitrogen and oxygen atoms in total. The molecule has 0 aliphatic heterocycles. The highest BCUT2D eigenvalue weighted by Crippen LogP contribution is 2.28. The van der Waals surface area contributed by atoms with Gasteiger partial charge in [-0.25, -0.2) is 8.42 Å². The van der Waals surface area contributed by atoms with Gasteiger partial charge >= 0.3 is 0 Å². The molecule has 1 amide bonds. The van der Waals surface area contributed by atoms with Crippen molar-refractivity contribution in [3.63, 3.8) is 0 Å². The molecule has 1 aromatic rings.